The van der Waals surface area contributed by atoms with Crippen LogP contribution in [0.15, 0.2) is 30.5 Å². The van der Waals surface area contributed by atoms with Gasteiger partial charge in [0.15, 0.2) is 0 Å². The van der Waals surface area contributed by atoms with Crippen LogP contribution in [-0.4, -0.2) is 24.8 Å². The maximum Gasteiger partial charge on any atom is 0.0587 e. The van der Waals surface area contributed by atoms with Gasteiger partial charge < -0.3 is 14.6 Å². The first-order valence-electron chi connectivity index (χ1n) is 8.14. The van der Waals surface area contributed by atoms with E-state index < -0.39 is 0 Å². The van der Waals surface area contributed by atoms with Crippen molar-refractivity contribution in [1.82, 2.24) is 9.88 Å². The van der Waals surface area contributed by atoms with E-state index in [1.165, 1.54) is 48.7 Å². The number of benzene rings is 1. The van der Waals surface area contributed by atoms with Gasteiger partial charge in [-0.1, -0.05) is 18.9 Å². The molecule has 3 rings (SSSR count). The van der Waals surface area contributed by atoms with Crippen LogP contribution >= 0.6 is 0 Å². The van der Waals surface area contributed by atoms with Crippen molar-refractivity contribution in [3.8, 4) is 0 Å². The van der Waals surface area contributed by atoms with Crippen molar-refractivity contribution < 1.29 is 4.74 Å². The first-order chi connectivity index (χ1) is 10.4. The van der Waals surface area contributed by atoms with Gasteiger partial charge in [0.05, 0.1) is 6.61 Å². The standard InChI is InChI=1S/C18H26N2O/c1-21-11-9-19-13-16-6-7-18-17(12-16)8-10-20(18)14-15-4-2-3-5-15/h6-8,10,12,15,19H,2-5,9,11,13-14H2,1H3. The largest absolute Gasteiger partial charge is 0.383 e. The lowest BCUT2D eigenvalue weighted by Crippen LogP contribution is -2.18. The molecule has 1 aliphatic carbocycles. The number of hydrogen-bond acceptors (Lipinski definition) is 2. The van der Waals surface area contributed by atoms with Crippen LogP contribution in [-0.2, 0) is 17.8 Å². The van der Waals surface area contributed by atoms with Crippen LogP contribution in [0.2, 0.25) is 0 Å². The zero-order valence-corrected chi connectivity index (χ0v) is 13.0. The molecule has 21 heavy (non-hydrogen) atoms. The fraction of sp³-hybridized carbons (Fsp3) is 0.556. The predicted octanol–water partition coefficient (Wildman–Crippen LogP) is 3.57. The fourth-order valence-electron chi connectivity index (χ4n) is 3.40. The highest BCUT2D eigenvalue weighted by atomic mass is 16.5. The molecule has 1 aromatic heterocycles. The zero-order chi connectivity index (χ0) is 14.5. The van der Waals surface area contributed by atoms with E-state index in [0.29, 0.717) is 0 Å². The fourth-order valence-corrected chi connectivity index (χ4v) is 3.40. The summed E-state index contributed by atoms with van der Waals surface area (Å²) in [6, 6.07) is 9.08. The number of nitrogens with one attached hydrogen (secondary N) is 1. The van der Waals surface area contributed by atoms with Gasteiger partial charge in [0, 0.05) is 38.5 Å². The number of aromatic nitrogens is 1. The Balaban J connectivity index is 1.65. The van der Waals surface area contributed by atoms with E-state index in [-0.39, 0.29) is 0 Å². The number of methoxy groups -OCH3 is 1. The van der Waals surface area contributed by atoms with E-state index in [9.17, 15) is 0 Å². The minimum Gasteiger partial charge on any atom is -0.383 e. The van der Waals surface area contributed by atoms with Gasteiger partial charge >= 0.3 is 0 Å². The van der Waals surface area contributed by atoms with E-state index in [1.54, 1.807) is 7.11 Å². The number of fused-ring (bicyclic) bond motifs is 1. The Kier molecular flexibility index (Phi) is 4.94. The maximum absolute atomic E-state index is 5.05. The second-order valence-electron chi connectivity index (χ2n) is 6.18. The molecule has 3 heteroatoms. The molecule has 0 atom stereocenters. The molecule has 0 saturated heterocycles. The third-order valence-corrected chi connectivity index (χ3v) is 4.58. The molecule has 0 radical (unpaired) electrons. The predicted molar refractivity (Wildman–Crippen MR) is 87.5 cm³/mol. The lowest BCUT2D eigenvalue weighted by Gasteiger charge is -2.12. The Morgan fingerprint density at radius 2 is 2.10 bits per heavy atom. The molecule has 0 amide bonds. The van der Waals surface area contributed by atoms with Crippen molar-refractivity contribution in [2.75, 3.05) is 20.3 Å². The van der Waals surface area contributed by atoms with E-state index in [4.69, 9.17) is 4.74 Å². The minimum atomic E-state index is 0.764. The third-order valence-electron chi connectivity index (χ3n) is 4.58. The summed E-state index contributed by atoms with van der Waals surface area (Å²) in [5.41, 5.74) is 2.72. The van der Waals surface area contributed by atoms with Gasteiger partial charge in [0.2, 0.25) is 0 Å². The van der Waals surface area contributed by atoms with E-state index in [0.717, 1.165) is 25.6 Å². The molecule has 1 N–H and O–H groups in total. The SMILES string of the molecule is COCCNCc1ccc2c(ccn2CC2CCCC2)c1. The molecular weight excluding hydrogens is 260 g/mol. The van der Waals surface area contributed by atoms with E-state index in [2.05, 4.69) is 40.3 Å². The number of rotatable bonds is 7. The molecular formula is C18H26N2O. The van der Waals surface area contributed by atoms with Gasteiger partial charge in [0.1, 0.15) is 0 Å². The summed E-state index contributed by atoms with van der Waals surface area (Å²) in [4.78, 5) is 0. The van der Waals surface area contributed by atoms with Gasteiger partial charge in [-0.05, 0) is 47.9 Å². The third kappa shape index (κ3) is 3.66. The van der Waals surface area contributed by atoms with Gasteiger partial charge in [-0.25, -0.2) is 0 Å². The van der Waals surface area contributed by atoms with Gasteiger partial charge in [-0.2, -0.15) is 0 Å². The second-order valence-corrected chi connectivity index (χ2v) is 6.18. The van der Waals surface area contributed by atoms with Crippen LogP contribution in [0.25, 0.3) is 10.9 Å². The van der Waals surface area contributed by atoms with E-state index >= 15 is 0 Å². The van der Waals surface area contributed by atoms with Crippen LogP contribution in [0.1, 0.15) is 31.2 Å². The number of ether oxygens (including phenoxy) is 1. The average molecular weight is 286 g/mol. The van der Waals surface area contributed by atoms with Gasteiger partial charge in [0.25, 0.3) is 0 Å². The number of hydrogen-bond donors (Lipinski definition) is 1. The van der Waals surface area contributed by atoms with Gasteiger partial charge in [-0.15, -0.1) is 0 Å². The number of nitrogens with zero attached hydrogens (tertiary/aromatic N) is 1. The lowest BCUT2D eigenvalue weighted by molar-refractivity contribution is 0.199. The molecule has 114 valence electrons. The topological polar surface area (TPSA) is 26.2 Å². The smallest absolute Gasteiger partial charge is 0.0587 e. The molecule has 0 bridgehead atoms. The van der Waals surface area contributed by atoms with Crippen LogP contribution in [0, 0.1) is 5.92 Å². The van der Waals surface area contributed by atoms with Crippen LogP contribution in [0.3, 0.4) is 0 Å². The van der Waals surface area contributed by atoms with Crippen LogP contribution in [0.5, 0.6) is 0 Å². The first-order valence-corrected chi connectivity index (χ1v) is 8.14. The first kappa shape index (κ1) is 14.6. The highest BCUT2D eigenvalue weighted by molar-refractivity contribution is 5.80. The molecule has 1 saturated carbocycles. The van der Waals surface area contributed by atoms with E-state index in [1.807, 2.05) is 0 Å². The summed E-state index contributed by atoms with van der Waals surface area (Å²) in [6.45, 7) is 3.76. The van der Waals surface area contributed by atoms with Crippen molar-refractivity contribution in [1.29, 1.82) is 0 Å². The molecule has 0 aliphatic heterocycles. The molecule has 3 nitrogen and oxygen atoms in total. The highest BCUT2D eigenvalue weighted by Gasteiger charge is 2.16. The van der Waals surface area contributed by atoms with Gasteiger partial charge in [-0.3, -0.25) is 0 Å². The Bertz CT molecular complexity index is 570. The minimum absolute atomic E-state index is 0.764. The molecule has 2 aromatic rings. The molecule has 1 fully saturated rings. The Morgan fingerprint density at radius 1 is 1.24 bits per heavy atom. The van der Waals surface area contributed by atoms with Crippen molar-refractivity contribution >= 4 is 10.9 Å². The molecule has 1 heterocycles. The van der Waals surface area contributed by atoms with Crippen LogP contribution < -0.4 is 5.32 Å². The van der Waals surface area contributed by atoms with Crippen LogP contribution in [0.4, 0.5) is 0 Å². The molecule has 1 aromatic carbocycles. The summed E-state index contributed by atoms with van der Waals surface area (Å²) in [5, 5.41) is 4.76. The van der Waals surface area contributed by atoms with Crippen molar-refractivity contribution in [2.45, 2.75) is 38.8 Å². The Morgan fingerprint density at radius 3 is 2.90 bits per heavy atom. The summed E-state index contributed by atoms with van der Waals surface area (Å²) in [6.07, 6.45) is 7.90. The van der Waals surface area contributed by atoms with Crippen molar-refractivity contribution in [3.05, 3.63) is 36.0 Å². The Hall–Kier alpha value is -1.32. The quantitative estimate of drug-likeness (QED) is 0.788. The lowest BCUT2D eigenvalue weighted by atomic mass is 10.1. The highest BCUT2D eigenvalue weighted by Crippen LogP contribution is 2.28. The molecule has 0 unspecified atom stereocenters. The molecule has 0 spiro atoms. The summed E-state index contributed by atoms with van der Waals surface area (Å²) >= 11 is 0. The second kappa shape index (κ2) is 7.10. The monoisotopic (exact) mass is 286 g/mol. The Labute approximate surface area is 127 Å². The van der Waals surface area contributed by atoms with Crippen molar-refractivity contribution in [2.24, 2.45) is 5.92 Å². The normalized spacial score (nSPS) is 16.0. The summed E-state index contributed by atoms with van der Waals surface area (Å²) < 4.78 is 7.49. The zero-order valence-electron chi connectivity index (χ0n) is 13.0. The average Bonchev–Trinajstić information content (AvgIpc) is 3.14. The van der Waals surface area contributed by atoms with Crippen molar-refractivity contribution in [3.63, 3.8) is 0 Å². The summed E-state index contributed by atoms with van der Waals surface area (Å²) in [5.74, 6) is 0.885. The summed E-state index contributed by atoms with van der Waals surface area (Å²) in [7, 11) is 1.74. The molecule has 1 aliphatic rings. The maximum atomic E-state index is 5.05.